The summed E-state index contributed by atoms with van der Waals surface area (Å²) in [6.45, 7) is 7.03. The average Bonchev–Trinajstić information content (AvgIpc) is 2.48. The van der Waals surface area contributed by atoms with Gasteiger partial charge in [-0.25, -0.2) is 0 Å². The van der Waals surface area contributed by atoms with Crippen LogP contribution in [0.25, 0.3) is 0 Å². The van der Waals surface area contributed by atoms with E-state index >= 15 is 0 Å². The molecule has 0 amide bonds. The van der Waals surface area contributed by atoms with Crippen molar-refractivity contribution >= 4 is 0 Å². The van der Waals surface area contributed by atoms with E-state index in [1.165, 1.54) is 109 Å². The molecule has 0 aromatic heterocycles. The van der Waals surface area contributed by atoms with Gasteiger partial charge in [0.05, 0.1) is 0 Å². The Hall–Kier alpha value is 0. The van der Waals surface area contributed by atoms with Crippen molar-refractivity contribution in [2.75, 3.05) is 0 Å². The molecule has 0 heteroatoms. The molecule has 0 spiro atoms. The van der Waals surface area contributed by atoms with E-state index in [0.29, 0.717) is 0 Å². The fourth-order valence-corrected chi connectivity index (χ4v) is 3.32. The standard InChI is InChI=1S/C21H44/c1-4-6-7-8-9-10-11-12-13-14-15-16-17-18-20-21(3)19-5-2/h21H,4-20H2,1-3H3. The van der Waals surface area contributed by atoms with Gasteiger partial charge >= 0.3 is 0 Å². The molecule has 0 aromatic carbocycles. The molecule has 0 aliphatic carbocycles. The molecule has 0 fully saturated rings. The summed E-state index contributed by atoms with van der Waals surface area (Å²) in [6.07, 6.45) is 24.8. The zero-order valence-corrected chi connectivity index (χ0v) is 15.6. The topological polar surface area (TPSA) is 0 Å². The van der Waals surface area contributed by atoms with Crippen LogP contribution in [-0.2, 0) is 0 Å². The molecule has 0 bridgehead atoms. The molecule has 21 heavy (non-hydrogen) atoms. The Balaban J connectivity index is 2.99. The molecule has 0 aromatic rings. The first-order valence-electron chi connectivity index (χ1n) is 10.3. The minimum Gasteiger partial charge on any atom is -0.0654 e. The summed E-state index contributed by atoms with van der Waals surface area (Å²) in [7, 11) is 0. The van der Waals surface area contributed by atoms with E-state index in [2.05, 4.69) is 20.8 Å². The molecular formula is C21H44. The van der Waals surface area contributed by atoms with Gasteiger partial charge in [0.1, 0.15) is 0 Å². The minimum absolute atomic E-state index is 0.965. The average molecular weight is 297 g/mol. The van der Waals surface area contributed by atoms with E-state index in [1.54, 1.807) is 0 Å². The highest BCUT2D eigenvalue weighted by molar-refractivity contribution is 4.54. The SMILES string of the molecule is CCCCCCCCCCCCCCCCC(C)CCC. The highest BCUT2D eigenvalue weighted by Gasteiger charge is 2.00. The third-order valence-corrected chi connectivity index (χ3v) is 4.83. The van der Waals surface area contributed by atoms with Gasteiger partial charge in [-0.15, -0.1) is 0 Å². The normalized spacial score (nSPS) is 12.7. The van der Waals surface area contributed by atoms with Gasteiger partial charge in [-0.3, -0.25) is 0 Å². The first kappa shape index (κ1) is 21.0. The summed E-state index contributed by atoms with van der Waals surface area (Å²) in [6, 6.07) is 0. The predicted molar refractivity (Wildman–Crippen MR) is 99.0 cm³/mol. The molecule has 0 saturated heterocycles. The lowest BCUT2D eigenvalue weighted by atomic mass is 9.98. The zero-order chi connectivity index (χ0) is 15.6. The Kier molecular flexibility index (Phi) is 18.1. The van der Waals surface area contributed by atoms with Crippen molar-refractivity contribution in [1.82, 2.24) is 0 Å². The van der Waals surface area contributed by atoms with Crippen LogP contribution in [0.5, 0.6) is 0 Å². The second kappa shape index (κ2) is 18.1. The second-order valence-corrected chi connectivity index (χ2v) is 7.28. The third kappa shape index (κ3) is 18.0. The van der Waals surface area contributed by atoms with Crippen molar-refractivity contribution in [2.24, 2.45) is 5.92 Å². The summed E-state index contributed by atoms with van der Waals surface area (Å²) in [5.41, 5.74) is 0. The maximum atomic E-state index is 2.42. The molecule has 0 N–H and O–H groups in total. The Morgan fingerprint density at radius 2 is 0.810 bits per heavy atom. The number of rotatable bonds is 17. The summed E-state index contributed by atoms with van der Waals surface area (Å²) in [5.74, 6) is 0.965. The summed E-state index contributed by atoms with van der Waals surface area (Å²) in [5, 5.41) is 0. The molecule has 128 valence electrons. The van der Waals surface area contributed by atoms with Crippen molar-refractivity contribution in [3.8, 4) is 0 Å². The van der Waals surface area contributed by atoms with E-state index < -0.39 is 0 Å². The van der Waals surface area contributed by atoms with Crippen molar-refractivity contribution in [3.05, 3.63) is 0 Å². The van der Waals surface area contributed by atoms with Crippen LogP contribution in [-0.4, -0.2) is 0 Å². The van der Waals surface area contributed by atoms with Crippen LogP contribution in [0.3, 0.4) is 0 Å². The molecule has 0 radical (unpaired) electrons. The fourth-order valence-electron chi connectivity index (χ4n) is 3.32. The van der Waals surface area contributed by atoms with Crippen molar-refractivity contribution < 1.29 is 0 Å². The zero-order valence-electron chi connectivity index (χ0n) is 15.6. The molecule has 1 atom stereocenters. The van der Waals surface area contributed by atoms with Crippen LogP contribution in [0.2, 0.25) is 0 Å². The number of hydrogen-bond donors (Lipinski definition) is 0. The molecule has 0 rings (SSSR count). The lowest BCUT2D eigenvalue weighted by Gasteiger charge is -2.09. The van der Waals surface area contributed by atoms with E-state index in [4.69, 9.17) is 0 Å². The lowest BCUT2D eigenvalue weighted by Crippen LogP contribution is -1.93. The van der Waals surface area contributed by atoms with Crippen LogP contribution < -0.4 is 0 Å². The highest BCUT2D eigenvalue weighted by Crippen LogP contribution is 2.16. The van der Waals surface area contributed by atoms with Gasteiger partial charge in [0, 0.05) is 0 Å². The van der Waals surface area contributed by atoms with Crippen molar-refractivity contribution in [3.63, 3.8) is 0 Å². The van der Waals surface area contributed by atoms with Gasteiger partial charge < -0.3 is 0 Å². The van der Waals surface area contributed by atoms with Gasteiger partial charge in [-0.05, 0) is 5.92 Å². The molecule has 0 aliphatic heterocycles. The Bertz CT molecular complexity index is 173. The Morgan fingerprint density at radius 1 is 0.429 bits per heavy atom. The maximum Gasteiger partial charge on any atom is -0.0443 e. The molecule has 0 heterocycles. The summed E-state index contributed by atoms with van der Waals surface area (Å²) >= 11 is 0. The van der Waals surface area contributed by atoms with Gasteiger partial charge in [-0.2, -0.15) is 0 Å². The van der Waals surface area contributed by atoms with Crippen molar-refractivity contribution in [2.45, 2.75) is 130 Å². The van der Waals surface area contributed by atoms with Crippen LogP contribution in [0, 0.1) is 5.92 Å². The van der Waals surface area contributed by atoms with Gasteiger partial charge in [0.15, 0.2) is 0 Å². The first-order valence-corrected chi connectivity index (χ1v) is 10.3. The minimum atomic E-state index is 0.965. The van der Waals surface area contributed by atoms with Crippen LogP contribution in [0.15, 0.2) is 0 Å². The van der Waals surface area contributed by atoms with E-state index in [-0.39, 0.29) is 0 Å². The Labute approximate surface area is 136 Å². The quantitative estimate of drug-likeness (QED) is 0.237. The molecule has 0 aliphatic rings. The lowest BCUT2D eigenvalue weighted by molar-refractivity contribution is 0.450. The fraction of sp³-hybridized carbons (Fsp3) is 1.00. The van der Waals surface area contributed by atoms with Crippen LogP contribution in [0.1, 0.15) is 130 Å². The van der Waals surface area contributed by atoms with Crippen LogP contribution in [0.4, 0.5) is 0 Å². The number of hydrogen-bond acceptors (Lipinski definition) is 0. The smallest absolute Gasteiger partial charge is 0.0443 e. The predicted octanol–water partition coefficient (Wildman–Crippen LogP) is 8.29. The van der Waals surface area contributed by atoms with Crippen LogP contribution >= 0.6 is 0 Å². The first-order chi connectivity index (χ1) is 10.3. The van der Waals surface area contributed by atoms with Gasteiger partial charge in [0.25, 0.3) is 0 Å². The summed E-state index contributed by atoms with van der Waals surface area (Å²) in [4.78, 5) is 0. The molecular weight excluding hydrogens is 252 g/mol. The monoisotopic (exact) mass is 296 g/mol. The second-order valence-electron chi connectivity index (χ2n) is 7.28. The maximum absolute atomic E-state index is 2.42. The largest absolute Gasteiger partial charge is 0.0654 e. The van der Waals surface area contributed by atoms with Gasteiger partial charge in [0.2, 0.25) is 0 Å². The Morgan fingerprint density at radius 3 is 1.19 bits per heavy atom. The molecule has 1 unspecified atom stereocenters. The van der Waals surface area contributed by atoms with Crippen molar-refractivity contribution in [1.29, 1.82) is 0 Å². The van der Waals surface area contributed by atoms with E-state index in [1.807, 2.05) is 0 Å². The van der Waals surface area contributed by atoms with E-state index in [9.17, 15) is 0 Å². The van der Waals surface area contributed by atoms with Gasteiger partial charge in [-0.1, -0.05) is 130 Å². The molecule has 0 nitrogen and oxygen atoms in total. The molecule has 0 saturated carbocycles. The summed E-state index contributed by atoms with van der Waals surface area (Å²) < 4.78 is 0. The third-order valence-electron chi connectivity index (χ3n) is 4.83. The highest BCUT2D eigenvalue weighted by atomic mass is 14.1. The number of unbranched alkanes of at least 4 members (excludes halogenated alkanes) is 13. The van der Waals surface area contributed by atoms with E-state index in [0.717, 1.165) is 5.92 Å².